The lowest BCUT2D eigenvalue weighted by Gasteiger charge is -2.22. The molecule has 1 atom stereocenters. The van der Waals surface area contributed by atoms with E-state index in [2.05, 4.69) is 18.2 Å². The van der Waals surface area contributed by atoms with Crippen LogP contribution in [0.25, 0.3) is 0 Å². The standard InChI is InChI=1S/C8H11Cl2F3/c1-2-3-4-5-6-7(9,11)8(10,12)13/h2H,1,3-6H2. The summed E-state index contributed by atoms with van der Waals surface area (Å²) in [5.41, 5.74) is 0. The van der Waals surface area contributed by atoms with Gasteiger partial charge in [0.05, 0.1) is 0 Å². The van der Waals surface area contributed by atoms with Gasteiger partial charge in [0.15, 0.2) is 0 Å². The van der Waals surface area contributed by atoms with Crippen LogP contribution in [0, 0.1) is 0 Å². The molecule has 0 aromatic heterocycles. The smallest absolute Gasteiger partial charge is 0.218 e. The lowest BCUT2D eigenvalue weighted by Crippen LogP contribution is -2.33. The van der Waals surface area contributed by atoms with E-state index >= 15 is 0 Å². The summed E-state index contributed by atoms with van der Waals surface area (Å²) in [6, 6.07) is 0. The molecule has 0 amide bonds. The van der Waals surface area contributed by atoms with Crippen LogP contribution in [-0.2, 0) is 0 Å². The summed E-state index contributed by atoms with van der Waals surface area (Å²) in [6.07, 6.45) is 2.66. The van der Waals surface area contributed by atoms with Gasteiger partial charge in [-0.15, -0.1) is 6.58 Å². The van der Waals surface area contributed by atoms with Crippen molar-refractivity contribution in [3.05, 3.63) is 12.7 Å². The highest BCUT2D eigenvalue weighted by atomic mass is 35.5. The Morgan fingerprint density at radius 2 is 1.69 bits per heavy atom. The lowest BCUT2D eigenvalue weighted by atomic mass is 10.1. The summed E-state index contributed by atoms with van der Waals surface area (Å²) in [5, 5.41) is -7.15. The quantitative estimate of drug-likeness (QED) is 0.362. The Bertz CT molecular complexity index is 163. The number of alkyl halides is 5. The number of allylic oxidation sites excluding steroid dienone is 1. The maximum absolute atomic E-state index is 12.9. The normalized spacial score (nSPS) is 16.7. The molecule has 0 nitrogen and oxygen atoms in total. The van der Waals surface area contributed by atoms with Crippen molar-refractivity contribution in [2.75, 3.05) is 0 Å². The maximum atomic E-state index is 12.9. The lowest BCUT2D eigenvalue weighted by molar-refractivity contribution is -0.0249. The summed E-state index contributed by atoms with van der Waals surface area (Å²) < 4.78 is 37.4. The van der Waals surface area contributed by atoms with Crippen LogP contribution >= 0.6 is 23.2 Å². The summed E-state index contributed by atoms with van der Waals surface area (Å²) in [4.78, 5) is 0. The zero-order valence-corrected chi connectivity index (χ0v) is 8.51. The number of unbranched alkanes of at least 4 members (excludes halogenated alkanes) is 2. The molecule has 0 spiro atoms. The second kappa shape index (κ2) is 5.11. The number of hydrogen-bond acceptors (Lipinski definition) is 0. The fraction of sp³-hybridized carbons (Fsp3) is 0.750. The van der Waals surface area contributed by atoms with Crippen molar-refractivity contribution in [1.29, 1.82) is 0 Å². The predicted molar refractivity (Wildman–Crippen MR) is 49.2 cm³/mol. The van der Waals surface area contributed by atoms with E-state index in [1.54, 1.807) is 6.08 Å². The highest BCUT2D eigenvalue weighted by Crippen LogP contribution is 2.43. The van der Waals surface area contributed by atoms with Crippen molar-refractivity contribution in [2.24, 2.45) is 0 Å². The molecule has 0 aliphatic heterocycles. The van der Waals surface area contributed by atoms with Gasteiger partial charge in [0, 0.05) is 6.42 Å². The molecule has 0 saturated carbocycles. The van der Waals surface area contributed by atoms with Crippen molar-refractivity contribution >= 4 is 23.2 Å². The van der Waals surface area contributed by atoms with Gasteiger partial charge in [-0.05, 0) is 30.9 Å². The minimum Gasteiger partial charge on any atom is -0.218 e. The van der Waals surface area contributed by atoms with Crippen molar-refractivity contribution in [2.45, 2.75) is 36.2 Å². The Labute approximate surface area is 85.7 Å². The third kappa shape index (κ3) is 4.77. The Balaban J connectivity index is 3.83. The second-order valence-electron chi connectivity index (χ2n) is 2.74. The molecule has 0 aliphatic rings. The van der Waals surface area contributed by atoms with Crippen LogP contribution in [0.15, 0.2) is 12.7 Å². The predicted octanol–water partition coefficient (Wildman–Crippen LogP) is 4.47. The van der Waals surface area contributed by atoms with Gasteiger partial charge in [-0.1, -0.05) is 17.7 Å². The van der Waals surface area contributed by atoms with Crippen LogP contribution in [0.1, 0.15) is 25.7 Å². The van der Waals surface area contributed by atoms with Gasteiger partial charge in [-0.25, -0.2) is 4.39 Å². The van der Waals surface area contributed by atoms with E-state index in [0.717, 1.165) is 0 Å². The molecule has 0 aliphatic carbocycles. The van der Waals surface area contributed by atoms with Crippen LogP contribution < -0.4 is 0 Å². The molecule has 78 valence electrons. The summed E-state index contributed by atoms with van der Waals surface area (Å²) in [6.45, 7) is 3.44. The Morgan fingerprint density at radius 1 is 1.15 bits per heavy atom. The van der Waals surface area contributed by atoms with Crippen LogP contribution in [-0.4, -0.2) is 10.5 Å². The molecule has 0 aromatic rings. The van der Waals surface area contributed by atoms with Crippen LogP contribution in [0.2, 0.25) is 0 Å². The first-order valence-electron chi connectivity index (χ1n) is 3.86. The van der Waals surface area contributed by atoms with Crippen molar-refractivity contribution < 1.29 is 13.2 Å². The van der Waals surface area contributed by atoms with E-state index in [4.69, 9.17) is 11.6 Å². The number of hydrogen-bond donors (Lipinski definition) is 0. The van der Waals surface area contributed by atoms with Gasteiger partial charge in [-0.2, -0.15) is 8.78 Å². The van der Waals surface area contributed by atoms with E-state index in [-0.39, 0.29) is 6.42 Å². The molecule has 0 radical (unpaired) electrons. The van der Waals surface area contributed by atoms with E-state index in [1.165, 1.54) is 0 Å². The topological polar surface area (TPSA) is 0 Å². The average Bonchev–Trinajstić information content (AvgIpc) is 1.96. The SMILES string of the molecule is C=CCCCCC(F)(Cl)C(F)(F)Cl. The molecule has 0 saturated heterocycles. The minimum atomic E-state index is -4.01. The third-order valence-corrected chi connectivity index (χ3v) is 2.39. The first kappa shape index (κ1) is 13.1. The van der Waals surface area contributed by atoms with E-state index in [9.17, 15) is 13.2 Å². The zero-order valence-electron chi connectivity index (χ0n) is 7.00. The monoisotopic (exact) mass is 234 g/mol. The summed E-state index contributed by atoms with van der Waals surface area (Å²) in [7, 11) is 0. The van der Waals surface area contributed by atoms with Gasteiger partial charge < -0.3 is 0 Å². The Kier molecular flexibility index (Phi) is 5.15. The van der Waals surface area contributed by atoms with E-state index < -0.39 is 16.9 Å². The molecule has 0 bridgehead atoms. The van der Waals surface area contributed by atoms with Crippen LogP contribution in [0.3, 0.4) is 0 Å². The first-order valence-corrected chi connectivity index (χ1v) is 4.62. The van der Waals surface area contributed by atoms with E-state index in [1.807, 2.05) is 0 Å². The van der Waals surface area contributed by atoms with Gasteiger partial charge in [0.2, 0.25) is 0 Å². The first-order chi connectivity index (χ1) is 5.81. The van der Waals surface area contributed by atoms with Crippen LogP contribution in [0.4, 0.5) is 13.2 Å². The largest absolute Gasteiger partial charge is 0.368 e. The molecule has 13 heavy (non-hydrogen) atoms. The fourth-order valence-corrected chi connectivity index (χ4v) is 1.01. The van der Waals surface area contributed by atoms with Crippen molar-refractivity contribution in [3.8, 4) is 0 Å². The number of rotatable bonds is 6. The van der Waals surface area contributed by atoms with Gasteiger partial charge in [-0.3, -0.25) is 0 Å². The van der Waals surface area contributed by atoms with Crippen molar-refractivity contribution in [1.82, 2.24) is 0 Å². The third-order valence-electron chi connectivity index (χ3n) is 1.56. The highest BCUT2D eigenvalue weighted by Gasteiger charge is 2.51. The van der Waals surface area contributed by atoms with Gasteiger partial charge in [0.1, 0.15) is 0 Å². The maximum Gasteiger partial charge on any atom is 0.368 e. The fourth-order valence-electron chi connectivity index (χ4n) is 0.777. The second-order valence-corrected chi connectivity index (χ2v) is 3.81. The zero-order chi connectivity index (χ0) is 10.5. The van der Waals surface area contributed by atoms with Gasteiger partial charge in [0.25, 0.3) is 5.13 Å². The molecule has 0 heterocycles. The molecular formula is C8H11Cl2F3. The molecule has 5 heteroatoms. The minimum absolute atomic E-state index is 0.258. The molecule has 0 N–H and O–H groups in total. The molecule has 0 rings (SSSR count). The molecule has 0 fully saturated rings. The molecule has 1 unspecified atom stereocenters. The highest BCUT2D eigenvalue weighted by molar-refractivity contribution is 6.32. The van der Waals surface area contributed by atoms with Crippen molar-refractivity contribution in [3.63, 3.8) is 0 Å². The number of halogens is 5. The van der Waals surface area contributed by atoms with E-state index in [0.29, 0.717) is 12.8 Å². The Morgan fingerprint density at radius 3 is 2.08 bits per heavy atom. The van der Waals surface area contributed by atoms with Crippen LogP contribution in [0.5, 0.6) is 0 Å². The summed E-state index contributed by atoms with van der Waals surface area (Å²) >= 11 is 9.39. The molecular weight excluding hydrogens is 224 g/mol. The summed E-state index contributed by atoms with van der Waals surface area (Å²) in [5.74, 6) is 0. The van der Waals surface area contributed by atoms with Gasteiger partial charge >= 0.3 is 5.38 Å². The Hall–Kier alpha value is 0.110. The average molecular weight is 235 g/mol. The molecule has 0 aromatic carbocycles.